The molecule has 0 aromatic heterocycles. The summed E-state index contributed by atoms with van der Waals surface area (Å²) in [7, 11) is 0. The van der Waals surface area contributed by atoms with Crippen LogP contribution in [0.25, 0.3) is 22.3 Å². The van der Waals surface area contributed by atoms with E-state index in [2.05, 4.69) is 11.1 Å². The van der Waals surface area contributed by atoms with Crippen molar-refractivity contribution < 1.29 is 33.5 Å². The monoisotopic (exact) mass is 601 g/mol. The minimum absolute atomic E-state index is 0. The number of rotatable bonds is 4. The molecule has 2 nitrogen and oxygen atoms in total. The summed E-state index contributed by atoms with van der Waals surface area (Å²) in [6, 6.07) is 31.0. The molecular weight excluding hydrogens is 583 g/mol. The summed E-state index contributed by atoms with van der Waals surface area (Å²) in [5, 5.41) is 0. The summed E-state index contributed by atoms with van der Waals surface area (Å²) in [6.07, 6.45) is 2.81. The van der Waals surface area contributed by atoms with Gasteiger partial charge >= 0.3 is 0 Å². The second-order valence-electron chi connectivity index (χ2n) is 7.24. The van der Waals surface area contributed by atoms with Crippen molar-refractivity contribution >= 4 is 18.1 Å². The molecule has 159 valence electrons. The van der Waals surface area contributed by atoms with Crippen LogP contribution in [0.5, 0.6) is 0 Å². The average Bonchev–Trinajstić information content (AvgIpc) is 3.29. The maximum absolute atomic E-state index is 14.7. The molecule has 0 saturated carbocycles. The van der Waals surface area contributed by atoms with Crippen molar-refractivity contribution in [2.45, 2.75) is 6.17 Å². The number of nitrogens with zero attached hydrogens (tertiary/aromatic N) is 2. The Balaban J connectivity index is 0.00000245. The second kappa shape index (κ2) is 9.47. The molecule has 4 aromatic rings. The maximum atomic E-state index is 14.7. The van der Waals surface area contributed by atoms with Crippen molar-refractivity contribution in [1.29, 1.82) is 0 Å². The van der Waals surface area contributed by atoms with E-state index in [0.717, 1.165) is 40.1 Å². The van der Waals surface area contributed by atoms with Gasteiger partial charge in [0, 0.05) is 31.7 Å². The molecule has 5 heteroatoms. The first kappa shape index (κ1) is 21.9. The average molecular weight is 601 g/mol. The van der Waals surface area contributed by atoms with Crippen molar-refractivity contribution in [1.82, 2.24) is 0 Å². The largest absolute Gasteiger partial charge is 0.284 e. The van der Waals surface area contributed by atoms with Crippen molar-refractivity contribution in [3.63, 3.8) is 0 Å². The van der Waals surface area contributed by atoms with E-state index in [4.69, 9.17) is 0 Å². The predicted octanol–water partition coefficient (Wildman–Crippen LogP) is 6.59. The van der Waals surface area contributed by atoms with Crippen LogP contribution in [0.3, 0.4) is 0 Å². The first-order chi connectivity index (χ1) is 15.2. The molecule has 0 fully saturated rings. The Morgan fingerprint density at radius 2 is 1.38 bits per heavy atom. The molecule has 0 saturated heterocycles. The molecular formula is C27H18F2IrN2. The molecule has 0 spiro atoms. The first-order valence-electron chi connectivity index (χ1n) is 9.98. The van der Waals surface area contributed by atoms with E-state index in [1.54, 1.807) is 6.21 Å². The van der Waals surface area contributed by atoms with E-state index >= 15 is 0 Å². The van der Waals surface area contributed by atoms with Gasteiger partial charge in [-0.25, -0.2) is 4.99 Å². The molecule has 0 aliphatic carbocycles. The number of hydrogen-bond acceptors (Lipinski definition) is 1. The quantitative estimate of drug-likeness (QED) is 0.186. The fourth-order valence-electron chi connectivity index (χ4n) is 3.93. The molecule has 0 amide bonds. The van der Waals surface area contributed by atoms with Crippen LogP contribution in [0.15, 0.2) is 96.0 Å². The summed E-state index contributed by atoms with van der Waals surface area (Å²) in [5.41, 5.74) is 5.18. The van der Waals surface area contributed by atoms with E-state index in [1.165, 1.54) is 0 Å². The third kappa shape index (κ3) is 4.10. The van der Waals surface area contributed by atoms with Gasteiger partial charge in [-0.1, -0.05) is 66.7 Å². The second-order valence-corrected chi connectivity index (χ2v) is 7.24. The van der Waals surface area contributed by atoms with E-state index in [1.807, 2.05) is 89.7 Å². The van der Waals surface area contributed by atoms with Crippen LogP contribution in [-0.4, -0.2) is 17.0 Å². The Morgan fingerprint density at radius 3 is 1.94 bits per heavy atom. The molecule has 1 heterocycles. The maximum Gasteiger partial charge on any atom is 0.258 e. The normalized spacial score (nSPS) is 14.7. The third-order valence-corrected chi connectivity index (χ3v) is 5.33. The summed E-state index contributed by atoms with van der Waals surface area (Å²) in [4.78, 5) is 4.48. The number of para-hydroxylation sites is 1. The van der Waals surface area contributed by atoms with E-state index in [-0.39, 0.29) is 25.7 Å². The number of benzene rings is 4. The van der Waals surface area contributed by atoms with Crippen LogP contribution >= 0.6 is 0 Å². The predicted molar refractivity (Wildman–Crippen MR) is 120 cm³/mol. The Bertz CT molecular complexity index is 1240. The third-order valence-electron chi connectivity index (χ3n) is 5.33. The minimum Gasteiger partial charge on any atom is -0.284 e. The summed E-state index contributed by atoms with van der Waals surface area (Å²) in [6.45, 7) is 0. The topological polar surface area (TPSA) is 15.4 Å². The summed E-state index contributed by atoms with van der Waals surface area (Å²) in [5.74, 6) is -1.32. The van der Waals surface area contributed by atoms with Crippen LogP contribution in [0, 0.1) is 17.7 Å². The van der Waals surface area contributed by atoms with Crippen molar-refractivity contribution in [3.8, 4) is 22.3 Å². The summed E-state index contributed by atoms with van der Waals surface area (Å²) >= 11 is 0. The van der Waals surface area contributed by atoms with Crippen LogP contribution in [0.1, 0.15) is 11.7 Å². The Kier molecular flexibility index (Phi) is 6.50. The fraction of sp³-hybridized carbons (Fsp3) is 0.0370. The van der Waals surface area contributed by atoms with Gasteiger partial charge in [-0.05, 0) is 28.8 Å². The van der Waals surface area contributed by atoms with E-state index in [9.17, 15) is 8.78 Å². The van der Waals surface area contributed by atoms with E-state index in [0.29, 0.717) is 0 Å². The van der Waals surface area contributed by atoms with Crippen LogP contribution in [0.2, 0.25) is 0 Å². The first-order valence-corrected chi connectivity index (χ1v) is 9.98. The van der Waals surface area contributed by atoms with Gasteiger partial charge in [0.2, 0.25) is 5.69 Å². The molecule has 1 aliphatic rings. The SMILES string of the molecule is Fc1c[c-]c(C2N=CC=[N+]2c2c(-c3ccccc3)cccc2-c2ccccc2)c(F)c1.[Ir]. The van der Waals surface area contributed by atoms with Crippen molar-refractivity contribution in [2.75, 3.05) is 0 Å². The van der Waals surface area contributed by atoms with Gasteiger partial charge in [-0.15, -0.1) is 12.1 Å². The molecule has 1 aliphatic heterocycles. The van der Waals surface area contributed by atoms with Crippen molar-refractivity contribution in [2.24, 2.45) is 4.99 Å². The van der Waals surface area contributed by atoms with Crippen LogP contribution in [-0.2, 0) is 20.1 Å². The van der Waals surface area contributed by atoms with Gasteiger partial charge in [-0.2, -0.15) is 10.6 Å². The fourth-order valence-corrected chi connectivity index (χ4v) is 3.93. The molecule has 5 rings (SSSR count). The zero-order valence-corrected chi connectivity index (χ0v) is 19.3. The van der Waals surface area contributed by atoms with Crippen LogP contribution in [0.4, 0.5) is 14.5 Å². The minimum atomic E-state index is -0.673. The number of hydrogen-bond donors (Lipinski definition) is 0. The molecule has 1 atom stereocenters. The summed E-state index contributed by atoms with van der Waals surface area (Å²) < 4.78 is 30.1. The number of aliphatic imine (C=N–C) groups is 1. The van der Waals surface area contributed by atoms with E-state index < -0.39 is 17.8 Å². The van der Waals surface area contributed by atoms with Gasteiger partial charge in [0.1, 0.15) is 0 Å². The molecule has 0 bridgehead atoms. The zero-order valence-electron chi connectivity index (χ0n) is 16.9. The van der Waals surface area contributed by atoms with Gasteiger partial charge in [0.25, 0.3) is 6.17 Å². The number of halogens is 2. The van der Waals surface area contributed by atoms with Crippen molar-refractivity contribution in [3.05, 3.63) is 114 Å². The van der Waals surface area contributed by atoms with Gasteiger partial charge in [-0.3, -0.25) is 8.78 Å². The van der Waals surface area contributed by atoms with Gasteiger partial charge in [0.05, 0.1) is 17.3 Å². The molecule has 1 radical (unpaired) electrons. The van der Waals surface area contributed by atoms with Crippen LogP contribution < -0.4 is 0 Å². The Hall–Kier alpha value is -3.27. The van der Waals surface area contributed by atoms with Gasteiger partial charge < -0.3 is 0 Å². The Labute approximate surface area is 199 Å². The molecule has 1 unspecified atom stereocenters. The molecule has 4 aromatic carbocycles. The standard InChI is InChI=1S/C27H18F2N2.Ir/c28-21-14-15-24(25(29)18-21)27-30-16-17-31(27)26-22(19-8-3-1-4-9-19)12-7-13-23(26)20-10-5-2-6-11-20;/h1-14,16-18,27H;. The zero-order chi connectivity index (χ0) is 21.2. The molecule has 0 N–H and O–H groups in total. The Morgan fingerprint density at radius 1 is 0.781 bits per heavy atom. The molecule has 32 heavy (non-hydrogen) atoms. The van der Waals surface area contributed by atoms with Gasteiger partial charge in [0.15, 0.2) is 6.21 Å². The smallest absolute Gasteiger partial charge is 0.258 e.